The van der Waals surface area contributed by atoms with Crippen molar-refractivity contribution in [1.29, 1.82) is 0 Å². The number of carbonyl (C=O) groups is 1. The van der Waals surface area contributed by atoms with Crippen molar-refractivity contribution in [3.05, 3.63) is 72.3 Å². The zero-order valence-corrected chi connectivity index (χ0v) is 17.5. The summed E-state index contributed by atoms with van der Waals surface area (Å²) >= 11 is 1.61. The fraction of sp³-hybridized carbons (Fsp3) is 0.208. The van der Waals surface area contributed by atoms with E-state index >= 15 is 0 Å². The van der Waals surface area contributed by atoms with Crippen LogP contribution in [0.2, 0.25) is 0 Å². The van der Waals surface area contributed by atoms with Gasteiger partial charge in [0.1, 0.15) is 11.5 Å². The van der Waals surface area contributed by atoms with Crippen LogP contribution in [0.15, 0.2) is 71.6 Å². The first-order chi connectivity index (χ1) is 14.1. The molecular formula is C24H23NO3S. The van der Waals surface area contributed by atoms with E-state index in [0.29, 0.717) is 6.54 Å². The Morgan fingerprint density at radius 2 is 1.72 bits per heavy atom. The first kappa shape index (κ1) is 19.4. The van der Waals surface area contributed by atoms with Crippen molar-refractivity contribution in [3.63, 3.8) is 0 Å². The molecule has 0 spiro atoms. The number of rotatable bonds is 5. The molecule has 0 aromatic heterocycles. The monoisotopic (exact) mass is 405 g/mol. The van der Waals surface area contributed by atoms with Gasteiger partial charge in [0.25, 0.3) is 0 Å². The number of amides is 1. The second-order valence-corrected chi connectivity index (χ2v) is 8.29. The van der Waals surface area contributed by atoms with E-state index < -0.39 is 0 Å². The topological polar surface area (TPSA) is 38.8 Å². The number of hydrogen-bond acceptors (Lipinski definition) is 4. The Bertz CT molecular complexity index is 1050. The highest BCUT2D eigenvalue weighted by molar-refractivity contribution is 8.01. The van der Waals surface area contributed by atoms with E-state index in [1.807, 2.05) is 54.3 Å². The van der Waals surface area contributed by atoms with E-state index in [2.05, 4.69) is 24.3 Å². The molecule has 0 aliphatic carbocycles. The smallest absolute Gasteiger partial charge is 0.240 e. The average Bonchev–Trinajstić information content (AvgIpc) is 2.77. The molecule has 0 saturated heterocycles. The largest absolute Gasteiger partial charge is 0.497 e. The Morgan fingerprint density at radius 3 is 2.52 bits per heavy atom. The van der Waals surface area contributed by atoms with Crippen LogP contribution in [-0.2, 0) is 11.3 Å². The van der Waals surface area contributed by atoms with Gasteiger partial charge in [-0.15, -0.1) is 11.8 Å². The summed E-state index contributed by atoms with van der Waals surface area (Å²) in [5.41, 5.74) is 4.03. The Hall–Kier alpha value is -2.92. The number of para-hydroxylation sites is 1. The molecule has 0 radical (unpaired) electrons. The van der Waals surface area contributed by atoms with Crippen molar-refractivity contribution < 1.29 is 14.3 Å². The highest BCUT2D eigenvalue weighted by Crippen LogP contribution is 2.42. The maximum Gasteiger partial charge on any atom is 0.240 e. The van der Waals surface area contributed by atoms with Gasteiger partial charge in [0.05, 0.1) is 31.7 Å². The molecule has 148 valence electrons. The van der Waals surface area contributed by atoms with Crippen molar-refractivity contribution in [2.24, 2.45) is 0 Å². The number of thioether (sulfide) groups is 1. The van der Waals surface area contributed by atoms with E-state index in [-0.39, 0.29) is 11.2 Å². The van der Waals surface area contributed by atoms with E-state index in [0.717, 1.165) is 38.8 Å². The van der Waals surface area contributed by atoms with Gasteiger partial charge in [-0.3, -0.25) is 4.79 Å². The number of nitrogens with zero attached hydrogens (tertiary/aromatic N) is 1. The molecular weight excluding hydrogens is 382 g/mol. The van der Waals surface area contributed by atoms with Gasteiger partial charge in [0.15, 0.2) is 0 Å². The Balaban J connectivity index is 1.76. The lowest BCUT2D eigenvalue weighted by Crippen LogP contribution is -2.39. The van der Waals surface area contributed by atoms with Crippen LogP contribution in [0.3, 0.4) is 0 Å². The van der Waals surface area contributed by atoms with Crippen molar-refractivity contribution >= 4 is 23.4 Å². The van der Waals surface area contributed by atoms with Gasteiger partial charge < -0.3 is 14.4 Å². The van der Waals surface area contributed by atoms with Gasteiger partial charge in [-0.1, -0.05) is 36.4 Å². The number of ether oxygens (including phenoxy) is 2. The van der Waals surface area contributed by atoms with Crippen LogP contribution in [0.1, 0.15) is 12.5 Å². The highest BCUT2D eigenvalue weighted by Gasteiger charge is 2.31. The zero-order chi connectivity index (χ0) is 20.4. The summed E-state index contributed by atoms with van der Waals surface area (Å²) in [6, 6.07) is 22.1. The van der Waals surface area contributed by atoms with Crippen LogP contribution in [0.5, 0.6) is 11.5 Å². The number of hydrogen-bond donors (Lipinski definition) is 0. The zero-order valence-electron chi connectivity index (χ0n) is 16.7. The van der Waals surface area contributed by atoms with Crippen molar-refractivity contribution in [2.45, 2.75) is 23.6 Å². The summed E-state index contributed by atoms with van der Waals surface area (Å²) in [6.45, 7) is 2.43. The maximum absolute atomic E-state index is 13.1. The molecule has 0 bridgehead atoms. The predicted molar refractivity (Wildman–Crippen MR) is 118 cm³/mol. The molecule has 1 aliphatic heterocycles. The fourth-order valence-corrected chi connectivity index (χ4v) is 4.60. The van der Waals surface area contributed by atoms with E-state index in [9.17, 15) is 4.79 Å². The molecule has 1 amide bonds. The maximum atomic E-state index is 13.1. The third kappa shape index (κ3) is 3.83. The number of anilines is 1. The average molecular weight is 406 g/mol. The Labute approximate surface area is 175 Å². The van der Waals surface area contributed by atoms with Crippen LogP contribution in [0.4, 0.5) is 5.69 Å². The summed E-state index contributed by atoms with van der Waals surface area (Å²) in [4.78, 5) is 16.1. The number of benzene rings is 3. The summed E-state index contributed by atoms with van der Waals surface area (Å²) in [5, 5.41) is -0.125. The lowest BCUT2D eigenvalue weighted by atomic mass is 10.0. The third-order valence-electron chi connectivity index (χ3n) is 5.09. The molecule has 5 heteroatoms. The summed E-state index contributed by atoms with van der Waals surface area (Å²) in [5.74, 6) is 1.71. The second kappa shape index (κ2) is 8.21. The van der Waals surface area contributed by atoms with Crippen LogP contribution in [0.25, 0.3) is 11.1 Å². The molecule has 4 nitrogen and oxygen atoms in total. The molecule has 0 saturated carbocycles. The quantitative estimate of drug-likeness (QED) is 0.570. The van der Waals surface area contributed by atoms with Crippen LogP contribution >= 0.6 is 11.8 Å². The first-order valence-corrected chi connectivity index (χ1v) is 10.4. The molecule has 0 fully saturated rings. The standard InChI is InChI=1S/C24H23NO3S/c1-16-24(26)25(15-19-7-4-5-10-22(19)28-3)21-14-18(11-12-23(21)29-16)17-8-6-9-20(13-17)27-2/h4-14,16H,15H2,1-3H3. The lowest BCUT2D eigenvalue weighted by molar-refractivity contribution is -0.118. The molecule has 4 rings (SSSR count). The van der Waals surface area contributed by atoms with E-state index in [4.69, 9.17) is 9.47 Å². The Morgan fingerprint density at radius 1 is 0.931 bits per heavy atom. The van der Waals surface area contributed by atoms with Crippen molar-refractivity contribution in [3.8, 4) is 22.6 Å². The molecule has 29 heavy (non-hydrogen) atoms. The number of fused-ring (bicyclic) bond motifs is 1. The van der Waals surface area contributed by atoms with Gasteiger partial charge in [0.2, 0.25) is 5.91 Å². The predicted octanol–water partition coefficient (Wildman–Crippen LogP) is 5.40. The van der Waals surface area contributed by atoms with Crippen molar-refractivity contribution in [2.75, 3.05) is 19.1 Å². The van der Waals surface area contributed by atoms with Crippen LogP contribution < -0.4 is 14.4 Å². The van der Waals surface area contributed by atoms with Crippen LogP contribution in [0, 0.1) is 0 Å². The molecule has 1 atom stereocenters. The number of methoxy groups -OCH3 is 2. The highest BCUT2D eigenvalue weighted by atomic mass is 32.2. The van der Waals surface area contributed by atoms with Gasteiger partial charge >= 0.3 is 0 Å². The minimum atomic E-state index is -0.125. The Kier molecular flexibility index (Phi) is 5.49. The number of carbonyl (C=O) groups excluding carboxylic acids is 1. The molecule has 0 N–H and O–H groups in total. The minimum Gasteiger partial charge on any atom is -0.497 e. The summed E-state index contributed by atoms with van der Waals surface area (Å²) in [6.07, 6.45) is 0. The molecule has 1 unspecified atom stereocenters. The second-order valence-electron chi connectivity index (χ2n) is 6.91. The normalized spacial score (nSPS) is 15.8. The molecule has 3 aromatic carbocycles. The summed E-state index contributed by atoms with van der Waals surface area (Å²) in [7, 11) is 3.32. The van der Waals surface area contributed by atoms with Gasteiger partial charge in [0, 0.05) is 10.5 Å². The van der Waals surface area contributed by atoms with Gasteiger partial charge in [-0.25, -0.2) is 0 Å². The van der Waals surface area contributed by atoms with Gasteiger partial charge in [-0.05, 0) is 48.4 Å². The van der Waals surface area contributed by atoms with Crippen molar-refractivity contribution in [1.82, 2.24) is 0 Å². The molecule has 1 heterocycles. The first-order valence-electron chi connectivity index (χ1n) is 9.49. The van der Waals surface area contributed by atoms with Crippen LogP contribution in [-0.4, -0.2) is 25.4 Å². The molecule has 1 aliphatic rings. The van der Waals surface area contributed by atoms with E-state index in [1.54, 1.807) is 26.0 Å². The third-order valence-corrected chi connectivity index (χ3v) is 6.25. The lowest BCUT2D eigenvalue weighted by Gasteiger charge is -2.33. The fourth-order valence-electron chi connectivity index (χ4n) is 3.56. The van der Waals surface area contributed by atoms with Gasteiger partial charge in [-0.2, -0.15) is 0 Å². The SMILES string of the molecule is COc1cccc(-c2ccc3c(c2)N(Cc2ccccc2OC)C(=O)C(C)S3)c1. The van der Waals surface area contributed by atoms with E-state index in [1.165, 1.54) is 0 Å². The molecule has 3 aromatic rings. The summed E-state index contributed by atoms with van der Waals surface area (Å²) < 4.78 is 10.9. The minimum absolute atomic E-state index is 0.108.